The van der Waals surface area contributed by atoms with Crippen LogP contribution in [0.15, 0.2) is 149 Å². The van der Waals surface area contributed by atoms with Crippen LogP contribution < -0.4 is 0 Å². The van der Waals surface area contributed by atoms with Crippen molar-refractivity contribution in [2.75, 3.05) is 0 Å². The van der Waals surface area contributed by atoms with Crippen molar-refractivity contribution in [2.45, 2.75) is 54.4 Å². The summed E-state index contributed by atoms with van der Waals surface area (Å²) >= 11 is -0.631. The van der Waals surface area contributed by atoms with E-state index in [0.29, 0.717) is 23.2 Å². The van der Waals surface area contributed by atoms with E-state index in [1.165, 1.54) is 12.8 Å². The first-order valence-electron chi connectivity index (χ1n) is 17.7. The molecule has 55 heavy (non-hydrogen) atoms. The van der Waals surface area contributed by atoms with Crippen LogP contribution in [0.2, 0.25) is 0 Å². The molecule has 9 heteroatoms. The number of hydrogen-bond donors (Lipinski definition) is 0. The van der Waals surface area contributed by atoms with Crippen LogP contribution in [0.25, 0.3) is 0 Å². The molecule has 0 amide bonds. The number of halogens is 4. The molecule has 0 bridgehead atoms. The molecule has 0 radical (unpaired) electrons. The first kappa shape index (κ1) is 49.1. The van der Waals surface area contributed by atoms with Crippen LogP contribution in [-0.2, 0) is 34.0 Å². The van der Waals surface area contributed by atoms with Gasteiger partial charge in [0, 0.05) is 11.8 Å². The zero-order valence-electron chi connectivity index (χ0n) is 33.1. The number of allylic oxidation sites excluding steroid dienone is 12. The summed E-state index contributed by atoms with van der Waals surface area (Å²) < 4.78 is 0. The van der Waals surface area contributed by atoms with Crippen molar-refractivity contribution in [3.63, 3.8) is 0 Å². The summed E-state index contributed by atoms with van der Waals surface area (Å²) in [4.78, 5) is 14.2. The van der Waals surface area contributed by atoms with Gasteiger partial charge in [-0.15, -0.1) is 0 Å². The second kappa shape index (κ2) is 24.6. The minimum atomic E-state index is -0.826. The van der Waals surface area contributed by atoms with E-state index in [4.69, 9.17) is 52.2 Å². The molecular formula is C46H53Cl4FeN3Zr. The summed E-state index contributed by atoms with van der Waals surface area (Å²) in [6.07, 6.45) is 25.7. The van der Waals surface area contributed by atoms with Crippen LogP contribution in [0.4, 0.5) is 11.4 Å². The molecule has 7 rings (SSSR count). The third kappa shape index (κ3) is 13.2. The van der Waals surface area contributed by atoms with E-state index < -0.39 is 20.8 Å². The summed E-state index contributed by atoms with van der Waals surface area (Å²) in [6.45, 7) is 13.1. The molecule has 3 nitrogen and oxygen atoms in total. The van der Waals surface area contributed by atoms with Crippen LogP contribution in [0.5, 0.6) is 0 Å². The predicted octanol–water partition coefficient (Wildman–Crippen LogP) is 15.0. The molecular weight excluding hydrogens is 883 g/mol. The topological polar surface area (TPSA) is 37.6 Å². The standard InChI is InChI=1S/C23H23N3.C21H24.2CH3.4ClH.Fe.Zr/c1-16-10-5-7-12-20(16)24-18(3)22-14-9-15-23(26-22)19(4)25-21-13-8-6-11-17(21)2;1-21(2,15-9-3-4-10-15)20-18-13-7-5-11-16(18)17-12-6-8-14-19(17)20;;;;;;;;/h5-15H,1-4H3;3-8,11-15,18-20H,9-10H2,1-2H3;2*1H3;4*1H;;/q;;2*-1;;;;;+2;+4/p-4. The first-order chi connectivity index (χ1) is 25.6. The summed E-state index contributed by atoms with van der Waals surface area (Å²) in [5, 5.41) is 0. The molecule has 0 saturated carbocycles. The molecule has 0 spiro atoms. The molecule has 0 aliphatic heterocycles. The first-order valence-corrected chi connectivity index (χ1v) is 27.0. The van der Waals surface area contributed by atoms with Gasteiger partial charge in [-0.25, -0.2) is 4.98 Å². The molecule has 1 aromatic heterocycles. The van der Waals surface area contributed by atoms with E-state index in [1.807, 2.05) is 68.4 Å². The van der Waals surface area contributed by atoms with E-state index in [2.05, 4.69) is 101 Å². The van der Waals surface area contributed by atoms with Crippen molar-refractivity contribution in [1.29, 1.82) is 0 Å². The van der Waals surface area contributed by atoms with Gasteiger partial charge in [0.2, 0.25) is 0 Å². The molecule has 0 N–H and O–H groups in total. The third-order valence-electron chi connectivity index (χ3n) is 10.5. The summed E-state index contributed by atoms with van der Waals surface area (Å²) in [5.41, 5.74) is 11.3. The summed E-state index contributed by atoms with van der Waals surface area (Å²) in [5.74, 6) is 2.67. The van der Waals surface area contributed by atoms with E-state index in [0.717, 1.165) is 51.2 Å². The van der Waals surface area contributed by atoms with Gasteiger partial charge in [-0.1, -0.05) is 117 Å². The Morgan fingerprint density at radius 1 is 0.691 bits per heavy atom. The van der Waals surface area contributed by atoms with Gasteiger partial charge in [0.1, 0.15) is 0 Å². The maximum absolute atomic E-state index is 4.93. The van der Waals surface area contributed by atoms with E-state index in [-0.39, 0.29) is 28.0 Å². The number of aliphatic imine (C=N–C) groups is 2. The minimum absolute atomic E-state index is 0. The van der Waals surface area contributed by atoms with Gasteiger partial charge >= 0.3 is 71.2 Å². The van der Waals surface area contributed by atoms with Gasteiger partial charge in [-0.05, 0) is 104 Å². The fourth-order valence-electron chi connectivity index (χ4n) is 7.66. The molecule has 292 valence electrons. The fourth-order valence-corrected chi connectivity index (χ4v) is 7.66. The van der Waals surface area contributed by atoms with Gasteiger partial charge in [0.25, 0.3) is 0 Å². The second-order valence-corrected chi connectivity index (χ2v) is 19.5. The number of pyridine rings is 1. The van der Waals surface area contributed by atoms with E-state index >= 15 is 0 Å². The number of benzene rings is 2. The molecule has 1 heterocycles. The Balaban J connectivity index is 0.000000326. The maximum atomic E-state index is 4.93. The number of nitrogens with zero attached hydrogens (tertiary/aromatic N) is 3. The Hall–Kier alpha value is -2.07. The zero-order chi connectivity index (χ0) is 38.4. The van der Waals surface area contributed by atoms with Crippen LogP contribution >= 0.6 is 37.2 Å². The van der Waals surface area contributed by atoms with Crippen LogP contribution in [0.3, 0.4) is 0 Å². The number of hydrogen-bond acceptors (Lipinski definition) is 3. The van der Waals surface area contributed by atoms with Crippen molar-refractivity contribution in [1.82, 2.24) is 4.98 Å². The van der Waals surface area contributed by atoms with E-state index in [1.54, 1.807) is 11.1 Å². The average Bonchev–Trinajstić information content (AvgIpc) is 3.83. The Kier molecular flexibility index (Phi) is 22.0. The molecule has 3 aromatic rings. The van der Waals surface area contributed by atoms with Crippen molar-refractivity contribution in [2.24, 2.45) is 39.1 Å². The van der Waals surface area contributed by atoms with Crippen molar-refractivity contribution in [3.05, 3.63) is 176 Å². The number of fused-ring (bicyclic) bond motifs is 2. The van der Waals surface area contributed by atoms with Crippen LogP contribution in [-0.4, -0.2) is 16.4 Å². The number of aryl methyl sites for hydroxylation is 2. The average molecular weight is 937 g/mol. The monoisotopic (exact) mass is 933 g/mol. The van der Waals surface area contributed by atoms with Gasteiger partial charge in [-0.2, -0.15) is 0 Å². The number of aromatic nitrogens is 1. The van der Waals surface area contributed by atoms with Crippen molar-refractivity contribution in [3.8, 4) is 0 Å². The van der Waals surface area contributed by atoms with Crippen molar-refractivity contribution < 1.29 is 34.0 Å². The van der Waals surface area contributed by atoms with Gasteiger partial charge in [0.15, 0.2) is 0 Å². The Morgan fingerprint density at radius 3 is 1.49 bits per heavy atom. The summed E-state index contributed by atoms with van der Waals surface area (Å²) in [6, 6.07) is 22.2. The van der Waals surface area contributed by atoms with Gasteiger partial charge < -0.3 is 14.9 Å². The predicted molar refractivity (Wildman–Crippen MR) is 236 cm³/mol. The molecule has 2 aromatic carbocycles. The van der Waals surface area contributed by atoms with Gasteiger partial charge in [-0.3, -0.25) is 9.98 Å². The quantitative estimate of drug-likeness (QED) is 0.105. The number of rotatable bonds is 6. The normalized spacial score (nSPS) is 19.3. The number of para-hydroxylation sites is 2. The molecule has 2 unspecified atom stereocenters. The SMILES string of the molecule is CC(=Nc1ccccc1C)c1cccc(C(C)=Nc2ccccc2C)n1.CC(C)(C1CC=CC1)C1C2C=CC=CC2=C2C=CC=CC21.[CH3-].[CH3-].[Cl][Fe][Cl].[Cl][Zr+2][Cl]. The second-order valence-electron chi connectivity index (χ2n) is 13.9. The van der Waals surface area contributed by atoms with E-state index in [9.17, 15) is 0 Å². The van der Waals surface area contributed by atoms with Gasteiger partial charge in [0.05, 0.1) is 34.2 Å². The molecule has 0 fully saturated rings. The zero-order valence-corrected chi connectivity index (χ0v) is 39.6. The van der Waals surface area contributed by atoms with Crippen LogP contribution in [0.1, 0.15) is 63.1 Å². The summed E-state index contributed by atoms with van der Waals surface area (Å²) in [7, 11) is 19.4. The molecule has 4 aliphatic rings. The van der Waals surface area contributed by atoms with Crippen molar-refractivity contribution >= 4 is 60.0 Å². The van der Waals surface area contributed by atoms with Crippen LogP contribution in [0, 0.1) is 57.8 Å². The Labute approximate surface area is 365 Å². The molecule has 4 aliphatic carbocycles. The fraction of sp³-hybridized carbons (Fsp3) is 0.283. The Morgan fingerprint density at radius 2 is 1.09 bits per heavy atom. The molecule has 2 atom stereocenters. The molecule has 0 saturated heterocycles. The third-order valence-corrected chi connectivity index (χ3v) is 10.5. The Bertz CT molecular complexity index is 1820.